The van der Waals surface area contributed by atoms with Crippen LogP contribution in [0.15, 0.2) is 23.1 Å². The highest BCUT2D eigenvalue weighted by molar-refractivity contribution is 14.1. The first-order valence-electron chi connectivity index (χ1n) is 4.42. The summed E-state index contributed by atoms with van der Waals surface area (Å²) >= 11 is 1.92. The van der Waals surface area contributed by atoms with Crippen LogP contribution in [0.5, 0.6) is 0 Å². The summed E-state index contributed by atoms with van der Waals surface area (Å²) in [6, 6.07) is 4.03. The fourth-order valence-corrected chi connectivity index (χ4v) is 2.65. The van der Waals surface area contributed by atoms with Crippen LogP contribution >= 0.6 is 22.6 Å². The highest BCUT2D eigenvalue weighted by Gasteiger charge is 2.17. The van der Waals surface area contributed by atoms with Gasteiger partial charge in [0.1, 0.15) is 10.7 Å². The predicted octanol–water partition coefficient (Wildman–Crippen LogP) is 2.12. The van der Waals surface area contributed by atoms with Crippen molar-refractivity contribution in [3.63, 3.8) is 0 Å². The fourth-order valence-electron chi connectivity index (χ4n) is 1.01. The van der Waals surface area contributed by atoms with E-state index in [0.717, 1.165) is 0 Å². The highest BCUT2D eigenvalue weighted by atomic mass is 127. The topological polar surface area (TPSA) is 46.2 Å². The van der Waals surface area contributed by atoms with Crippen LogP contribution in [0, 0.1) is 9.39 Å². The minimum atomic E-state index is -3.70. The summed E-state index contributed by atoms with van der Waals surface area (Å²) in [4.78, 5) is -0.295. The number of rotatable bonds is 4. The largest absolute Gasteiger partial charge is 0.243 e. The quantitative estimate of drug-likeness (QED) is 0.852. The van der Waals surface area contributed by atoms with Crippen molar-refractivity contribution >= 4 is 32.6 Å². The third-order valence-electron chi connectivity index (χ3n) is 1.73. The minimum Gasteiger partial charge on any atom is -0.211 e. The highest BCUT2D eigenvalue weighted by Crippen LogP contribution is 2.16. The van der Waals surface area contributed by atoms with Crippen LogP contribution in [0.3, 0.4) is 0 Å². The lowest BCUT2D eigenvalue weighted by Gasteiger charge is -2.06. The molecule has 0 unspecified atom stereocenters. The average molecular weight is 343 g/mol. The molecule has 1 N–H and O–H groups in total. The second-order valence-electron chi connectivity index (χ2n) is 2.97. The molecule has 6 heteroatoms. The first-order chi connectivity index (χ1) is 6.97. The molecule has 0 saturated carbocycles. The molecular weight excluding hydrogens is 332 g/mol. The van der Waals surface area contributed by atoms with Gasteiger partial charge in [-0.05, 0) is 47.2 Å². The summed E-state index contributed by atoms with van der Waals surface area (Å²) in [7, 11) is -3.70. The van der Waals surface area contributed by atoms with Gasteiger partial charge in [0.2, 0.25) is 10.0 Å². The Morgan fingerprint density at radius 1 is 1.47 bits per heavy atom. The Hall–Kier alpha value is -0.210. The van der Waals surface area contributed by atoms with Gasteiger partial charge in [-0.25, -0.2) is 17.5 Å². The van der Waals surface area contributed by atoms with Crippen molar-refractivity contribution in [2.75, 3.05) is 6.54 Å². The summed E-state index contributed by atoms with van der Waals surface area (Å²) in [5.41, 5.74) is 0. The van der Waals surface area contributed by atoms with Gasteiger partial charge in [0, 0.05) is 10.1 Å². The van der Waals surface area contributed by atoms with Crippen LogP contribution in [-0.4, -0.2) is 15.0 Å². The van der Waals surface area contributed by atoms with E-state index in [4.69, 9.17) is 0 Å². The maximum absolute atomic E-state index is 13.3. The first-order valence-corrected chi connectivity index (χ1v) is 6.98. The summed E-state index contributed by atoms with van der Waals surface area (Å²) in [6.07, 6.45) is 0.672. The zero-order chi connectivity index (χ0) is 11.5. The molecular formula is C9H11FINO2S. The standard InChI is InChI=1S/C9H11FINO2S/c1-2-5-12-15(13,14)9-4-3-7(11)6-8(9)10/h3-4,6,12H,2,5H2,1H3. The third kappa shape index (κ3) is 3.39. The first kappa shape index (κ1) is 12.9. The van der Waals surface area contributed by atoms with E-state index in [1.54, 1.807) is 6.07 Å². The Labute approximate surface area is 102 Å². The third-order valence-corrected chi connectivity index (χ3v) is 3.89. The van der Waals surface area contributed by atoms with Gasteiger partial charge in [-0.15, -0.1) is 0 Å². The van der Waals surface area contributed by atoms with Crippen molar-refractivity contribution < 1.29 is 12.8 Å². The van der Waals surface area contributed by atoms with Gasteiger partial charge in [-0.3, -0.25) is 0 Å². The van der Waals surface area contributed by atoms with E-state index in [1.807, 2.05) is 29.5 Å². The monoisotopic (exact) mass is 343 g/mol. The van der Waals surface area contributed by atoms with Crippen molar-refractivity contribution in [2.45, 2.75) is 18.2 Å². The number of nitrogens with one attached hydrogen (secondary N) is 1. The Morgan fingerprint density at radius 3 is 2.67 bits per heavy atom. The Kier molecular flexibility index (Phi) is 4.47. The van der Waals surface area contributed by atoms with Crippen LogP contribution in [0.1, 0.15) is 13.3 Å². The maximum atomic E-state index is 13.3. The van der Waals surface area contributed by atoms with Crippen LogP contribution in [0.25, 0.3) is 0 Å². The molecule has 0 heterocycles. The molecule has 0 amide bonds. The molecule has 1 aromatic rings. The molecule has 84 valence electrons. The Bertz CT molecular complexity index is 447. The van der Waals surface area contributed by atoms with Crippen LogP contribution < -0.4 is 4.72 Å². The number of sulfonamides is 1. The summed E-state index contributed by atoms with van der Waals surface area (Å²) < 4.78 is 39.5. The van der Waals surface area contributed by atoms with Gasteiger partial charge in [0.05, 0.1) is 0 Å². The van der Waals surface area contributed by atoms with Crippen molar-refractivity contribution in [3.8, 4) is 0 Å². The molecule has 0 atom stereocenters. The summed E-state index contributed by atoms with van der Waals surface area (Å²) in [5, 5.41) is 0. The summed E-state index contributed by atoms with van der Waals surface area (Å²) in [6.45, 7) is 2.15. The van der Waals surface area contributed by atoms with Crippen LogP contribution in [0.4, 0.5) is 4.39 Å². The van der Waals surface area contributed by atoms with Gasteiger partial charge in [-0.2, -0.15) is 0 Å². The molecule has 0 radical (unpaired) electrons. The zero-order valence-electron chi connectivity index (χ0n) is 8.13. The molecule has 3 nitrogen and oxygen atoms in total. The van der Waals surface area contributed by atoms with E-state index in [9.17, 15) is 12.8 Å². The molecule has 0 bridgehead atoms. The van der Waals surface area contributed by atoms with Crippen LogP contribution in [-0.2, 0) is 10.0 Å². The SMILES string of the molecule is CCCNS(=O)(=O)c1ccc(I)cc1F. The maximum Gasteiger partial charge on any atom is 0.243 e. The molecule has 1 aromatic carbocycles. The normalized spacial score (nSPS) is 11.7. The molecule has 15 heavy (non-hydrogen) atoms. The van der Waals surface area contributed by atoms with E-state index in [-0.39, 0.29) is 4.90 Å². The second-order valence-corrected chi connectivity index (χ2v) is 5.95. The van der Waals surface area contributed by atoms with E-state index < -0.39 is 15.8 Å². The molecule has 0 saturated heterocycles. The number of halogens is 2. The number of hydrogen-bond acceptors (Lipinski definition) is 2. The molecule has 1 rings (SSSR count). The zero-order valence-corrected chi connectivity index (χ0v) is 11.1. The van der Waals surface area contributed by atoms with E-state index in [1.165, 1.54) is 12.1 Å². The molecule has 0 aromatic heterocycles. The van der Waals surface area contributed by atoms with Crippen molar-refractivity contribution in [1.82, 2.24) is 4.72 Å². The van der Waals surface area contributed by atoms with Crippen molar-refractivity contribution in [3.05, 3.63) is 27.6 Å². The van der Waals surface area contributed by atoms with E-state index in [0.29, 0.717) is 16.5 Å². The fraction of sp³-hybridized carbons (Fsp3) is 0.333. The number of benzene rings is 1. The lowest BCUT2D eigenvalue weighted by molar-refractivity contribution is 0.556. The van der Waals surface area contributed by atoms with Gasteiger partial charge in [-0.1, -0.05) is 6.92 Å². The summed E-state index contributed by atoms with van der Waals surface area (Å²) in [5.74, 6) is -0.717. The number of hydrogen-bond donors (Lipinski definition) is 1. The Balaban J connectivity index is 3.05. The van der Waals surface area contributed by atoms with Crippen LogP contribution in [0.2, 0.25) is 0 Å². The van der Waals surface area contributed by atoms with E-state index >= 15 is 0 Å². The lowest BCUT2D eigenvalue weighted by atomic mass is 10.3. The Morgan fingerprint density at radius 2 is 2.13 bits per heavy atom. The van der Waals surface area contributed by atoms with Crippen molar-refractivity contribution in [2.24, 2.45) is 0 Å². The molecule has 0 aliphatic carbocycles. The van der Waals surface area contributed by atoms with Gasteiger partial charge in [0.25, 0.3) is 0 Å². The lowest BCUT2D eigenvalue weighted by Crippen LogP contribution is -2.25. The predicted molar refractivity (Wildman–Crippen MR) is 64.6 cm³/mol. The smallest absolute Gasteiger partial charge is 0.211 e. The van der Waals surface area contributed by atoms with Gasteiger partial charge < -0.3 is 0 Å². The van der Waals surface area contributed by atoms with E-state index in [2.05, 4.69) is 4.72 Å². The average Bonchev–Trinajstić information content (AvgIpc) is 2.14. The molecule has 0 aliphatic heterocycles. The molecule has 0 aliphatic rings. The van der Waals surface area contributed by atoms with Gasteiger partial charge in [0.15, 0.2) is 0 Å². The van der Waals surface area contributed by atoms with Gasteiger partial charge >= 0.3 is 0 Å². The van der Waals surface area contributed by atoms with Crippen molar-refractivity contribution in [1.29, 1.82) is 0 Å². The molecule has 0 fully saturated rings. The molecule has 0 spiro atoms. The minimum absolute atomic E-state index is 0.295. The second kappa shape index (κ2) is 5.22.